The molecule has 0 aliphatic heterocycles. The maximum atomic E-state index is 11.4. The van der Waals surface area contributed by atoms with Crippen LogP contribution in [0.25, 0.3) is 0 Å². The van der Waals surface area contributed by atoms with Crippen molar-refractivity contribution in [2.45, 2.75) is 38.9 Å². The van der Waals surface area contributed by atoms with E-state index in [4.69, 9.17) is 0 Å². The van der Waals surface area contributed by atoms with Crippen LogP contribution in [0.4, 0.5) is 0 Å². The summed E-state index contributed by atoms with van der Waals surface area (Å²) in [4.78, 5) is 10.9. The average molecular weight is 192 g/mol. The van der Waals surface area contributed by atoms with Crippen molar-refractivity contribution in [3.05, 3.63) is 0 Å². The molecule has 0 saturated carbocycles. The van der Waals surface area contributed by atoms with Crippen LogP contribution in [0.1, 0.15) is 34.1 Å². The fourth-order valence-corrected chi connectivity index (χ4v) is 1.59. The highest BCUT2D eigenvalue weighted by molar-refractivity contribution is 7.93. The van der Waals surface area contributed by atoms with Crippen LogP contribution in [-0.4, -0.2) is 24.7 Å². The smallest absolute Gasteiger partial charge is 0.162 e. The fourth-order valence-electron chi connectivity index (χ4n) is 0.531. The molecule has 0 radical (unpaired) electrons. The van der Waals surface area contributed by atoms with Crippen molar-refractivity contribution in [1.82, 2.24) is 0 Å². The van der Waals surface area contributed by atoms with Gasteiger partial charge in [-0.05, 0) is 20.8 Å². The Labute approximate surface area is 74.1 Å². The van der Waals surface area contributed by atoms with E-state index >= 15 is 0 Å². The van der Waals surface area contributed by atoms with E-state index in [0.29, 0.717) is 0 Å². The van der Waals surface area contributed by atoms with Gasteiger partial charge in [0.1, 0.15) is 11.5 Å². The Morgan fingerprint density at radius 2 is 1.67 bits per heavy atom. The van der Waals surface area contributed by atoms with Crippen molar-refractivity contribution < 1.29 is 13.2 Å². The predicted molar refractivity (Wildman–Crippen MR) is 48.8 cm³/mol. The van der Waals surface area contributed by atoms with Crippen molar-refractivity contribution in [1.29, 1.82) is 0 Å². The zero-order valence-corrected chi connectivity index (χ0v) is 8.86. The highest BCUT2D eigenvalue weighted by Crippen LogP contribution is 2.16. The molecule has 0 rings (SSSR count). The quantitative estimate of drug-likeness (QED) is 0.674. The minimum Gasteiger partial charge on any atom is -0.299 e. The summed E-state index contributed by atoms with van der Waals surface area (Å²) in [6.45, 7) is 6.47. The van der Waals surface area contributed by atoms with Crippen molar-refractivity contribution in [2.24, 2.45) is 0 Å². The van der Waals surface area contributed by atoms with Gasteiger partial charge in [0.2, 0.25) is 0 Å². The van der Waals surface area contributed by atoms with Crippen LogP contribution in [0.5, 0.6) is 0 Å². The van der Waals surface area contributed by atoms with E-state index in [0.717, 1.165) is 0 Å². The van der Waals surface area contributed by atoms with E-state index in [2.05, 4.69) is 0 Å². The SMILES string of the molecule is CCC(=O)CS(=O)(=O)C(C)(C)C. The molecule has 0 aromatic heterocycles. The molecule has 0 bridgehead atoms. The van der Waals surface area contributed by atoms with Crippen molar-refractivity contribution in [3.63, 3.8) is 0 Å². The Balaban J connectivity index is 4.58. The second-order valence-electron chi connectivity index (χ2n) is 3.76. The van der Waals surface area contributed by atoms with Gasteiger partial charge in [-0.3, -0.25) is 4.79 Å². The Kier molecular flexibility index (Phi) is 3.45. The minimum absolute atomic E-state index is 0.218. The number of ketones is 1. The number of carbonyl (C=O) groups is 1. The van der Waals surface area contributed by atoms with Gasteiger partial charge < -0.3 is 0 Å². The van der Waals surface area contributed by atoms with Crippen LogP contribution in [0.15, 0.2) is 0 Å². The summed E-state index contributed by atoms with van der Waals surface area (Å²) in [5, 5.41) is 0. The van der Waals surface area contributed by atoms with E-state index in [1.807, 2.05) is 0 Å². The molecule has 0 aromatic rings. The third kappa shape index (κ3) is 2.93. The average Bonchev–Trinajstić information content (AvgIpc) is 1.84. The molecule has 0 heterocycles. The van der Waals surface area contributed by atoms with Gasteiger partial charge in [0, 0.05) is 6.42 Å². The normalized spacial score (nSPS) is 13.0. The monoisotopic (exact) mass is 192 g/mol. The summed E-state index contributed by atoms with van der Waals surface area (Å²) < 4.78 is 22.0. The van der Waals surface area contributed by atoms with Crippen molar-refractivity contribution >= 4 is 15.6 Å². The highest BCUT2D eigenvalue weighted by atomic mass is 32.2. The van der Waals surface area contributed by atoms with Crippen molar-refractivity contribution in [3.8, 4) is 0 Å². The number of carbonyl (C=O) groups excluding carboxylic acids is 1. The van der Waals surface area contributed by atoms with E-state index < -0.39 is 14.6 Å². The molecule has 0 N–H and O–H groups in total. The lowest BCUT2D eigenvalue weighted by Crippen LogP contribution is -2.33. The topological polar surface area (TPSA) is 51.2 Å². The Morgan fingerprint density at radius 3 is 1.92 bits per heavy atom. The molecular weight excluding hydrogens is 176 g/mol. The van der Waals surface area contributed by atoms with Gasteiger partial charge in [-0.2, -0.15) is 0 Å². The van der Waals surface area contributed by atoms with Crippen LogP contribution in [0.2, 0.25) is 0 Å². The first-order valence-electron chi connectivity index (χ1n) is 3.94. The standard InChI is InChI=1S/C8H16O3S/c1-5-7(9)6-12(10,11)8(2,3)4/h5-6H2,1-4H3. The molecule has 0 aromatic carbocycles. The summed E-state index contributed by atoms with van der Waals surface area (Å²) in [6, 6.07) is 0. The first-order chi connectivity index (χ1) is 5.20. The third-order valence-electron chi connectivity index (χ3n) is 1.68. The summed E-state index contributed by atoms with van der Waals surface area (Å²) >= 11 is 0. The summed E-state index contributed by atoms with van der Waals surface area (Å²) in [6.07, 6.45) is 0.287. The molecule has 0 unspecified atom stereocenters. The zero-order valence-electron chi connectivity index (χ0n) is 8.05. The fraction of sp³-hybridized carbons (Fsp3) is 0.875. The third-order valence-corrected chi connectivity index (χ3v) is 4.25. The number of sulfone groups is 1. The van der Waals surface area contributed by atoms with E-state index in [-0.39, 0.29) is 18.0 Å². The molecule has 0 aliphatic carbocycles. The summed E-state index contributed by atoms with van der Waals surface area (Å²) in [5.41, 5.74) is 0. The van der Waals surface area contributed by atoms with Gasteiger partial charge in [0.25, 0.3) is 0 Å². The lowest BCUT2D eigenvalue weighted by atomic mass is 10.3. The molecule has 0 spiro atoms. The van der Waals surface area contributed by atoms with Crippen LogP contribution in [0.3, 0.4) is 0 Å². The van der Waals surface area contributed by atoms with Gasteiger partial charge >= 0.3 is 0 Å². The van der Waals surface area contributed by atoms with E-state index in [9.17, 15) is 13.2 Å². The van der Waals surface area contributed by atoms with Gasteiger partial charge in [0.15, 0.2) is 9.84 Å². The van der Waals surface area contributed by atoms with Crippen LogP contribution < -0.4 is 0 Å². The van der Waals surface area contributed by atoms with Gasteiger partial charge in [-0.1, -0.05) is 6.92 Å². The molecule has 72 valence electrons. The molecule has 4 heteroatoms. The maximum absolute atomic E-state index is 11.4. The van der Waals surface area contributed by atoms with Crippen LogP contribution >= 0.6 is 0 Å². The second-order valence-corrected chi connectivity index (χ2v) is 6.51. The van der Waals surface area contributed by atoms with Gasteiger partial charge in [0.05, 0.1) is 4.75 Å². The zero-order chi connectivity index (χ0) is 9.99. The van der Waals surface area contributed by atoms with Crippen LogP contribution in [0, 0.1) is 0 Å². The highest BCUT2D eigenvalue weighted by Gasteiger charge is 2.30. The Hall–Kier alpha value is -0.380. The number of hydrogen-bond acceptors (Lipinski definition) is 3. The molecule has 0 aliphatic rings. The molecule has 3 nitrogen and oxygen atoms in total. The number of Topliss-reactive ketones (excluding diaryl/α,β-unsaturated/α-hetero) is 1. The molecule has 0 atom stereocenters. The Morgan fingerprint density at radius 1 is 1.25 bits per heavy atom. The van der Waals surface area contributed by atoms with Gasteiger partial charge in [-0.15, -0.1) is 0 Å². The summed E-state index contributed by atoms with van der Waals surface area (Å²) in [5.74, 6) is -0.544. The van der Waals surface area contributed by atoms with Crippen molar-refractivity contribution in [2.75, 3.05) is 5.75 Å². The first kappa shape index (κ1) is 11.6. The predicted octanol–water partition coefficient (Wildman–Crippen LogP) is 1.18. The van der Waals surface area contributed by atoms with Gasteiger partial charge in [-0.25, -0.2) is 8.42 Å². The number of hydrogen-bond donors (Lipinski definition) is 0. The molecular formula is C8H16O3S. The lowest BCUT2D eigenvalue weighted by Gasteiger charge is -2.17. The summed E-state index contributed by atoms with van der Waals surface area (Å²) in [7, 11) is -3.26. The largest absolute Gasteiger partial charge is 0.299 e. The molecule has 0 amide bonds. The van der Waals surface area contributed by atoms with E-state index in [1.54, 1.807) is 27.7 Å². The minimum atomic E-state index is -3.26. The number of rotatable bonds is 3. The van der Waals surface area contributed by atoms with Crippen LogP contribution in [-0.2, 0) is 14.6 Å². The Bertz CT molecular complexity index is 257. The second kappa shape index (κ2) is 3.56. The first-order valence-corrected chi connectivity index (χ1v) is 5.60. The maximum Gasteiger partial charge on any atom is 0.162 e. The molecule has 12 heavy (non-hydrogen) atoms. The van der Waals surface area contributed by atoms with E-state index in [1.165, 1.54) is 0 Å². The lowest BCUT2D eigenvalue weighted by molar-refractivity contribution is -0.116. The molecule has 0 fully saturated rings. The molecule has 0 saturated heterocycles.